The first kappa shape index (κ1) is 18.1. The van der Waals surface area contributed by atoms with Crippen molar-refractivity contribution in [2.75, 3.05) is 0 Å². The molecule has 1 nitrogen and oxygen atoms in total. The Bertz CT molecular complexity index is 745. The van der Waals surface area contributed by atoms with Crippen molar-refractivity contribution in [3.63, 3.8) is 0 Å². The van der Waals surface area contributed by atoms with Crippen LogP contribution in [0.3, 0.4) is 0 Å². The third-order valence-corrected chi connectivity index (χ3v) is 7.45. The van der Waals surface area contributed by atoms with Crippen molar-refractivity contribution in [1.29, 1.82) is 0 Å². The topological polar surface area (TPSA) is 17.1 Å². The number of rotatable bonds is 5. The second-order valence-electron chi connectivity index (χ2n) is 7.29. The third kappa shape index (κ3) is 4.93. The molecule has 5 rings (SSSR count). The highest BCUT2D eigenvalue weighted by Gasteiger charge is 2.39. The van der Waals surface area contributed by atoms with E-state index in [0.29, 0.717) is 17.6 Å². The summed E-state index contributed by atoms with van der Waals surface area (Å²) < 4.78 is 0. The maximum Gasteiger partial charge on any atom is 0.139 e. The van der Waals surface area contributed by atoms with Gasteiger partial charge in [-0.2, -0.15) is 0 Å². The molecule has 0 atom stereocenters. The van der Waals surface area contributed by atoms with Crippen LogP contribution < -0.4 is 15.9 Å². The van der Waals surface area contributed by atoms with Gasteiger partial charge in [0.25, 0.3) is 0 Å². The summed E-state index contributed by atoms with van der Waals surface area (Å²) in [7, 11) is -0.446. The highest BCUT2D eigenvalue weighted by atomic mass is 31.1. The zero-order valence-corrected chi connectivity index (χ0v) is 16.4. The summed E-state index contributed by atoms with van der Waals surface area (Å²) in [5.41, 5.74) is 0. The Hall–Kier alpha value is -2.24. The minimum Gasteiger partial charge on any atom is -0.299 e. The summed E-state index contributed by atoms with van der Waals surface area (Å²) in [6, 6.07) is 32.3. The predicted octanol–water partition coefficient (Wildman–Crippen LogP) is 4.82. The van der Waals surface area contributed by atoms with Crippen LogP contribution in [-0.2, 0) is 4.79 Å². The van der Waals surface area contributed by atoms with Gasteiger partial charge in [-0.25, -0.2) is 0 Å². The van der Waals surface area contributed by atoms with E-state index >= 15 is 0 Å². The standard InChI is InChI=1S/C18H15P.C7H10O/c1-4-10-16(11-5-1)19(17-12-6-2-7-13-17)18-14-8-3-9-15-18;8-7(5-1-2-5)6-3-4-6/h1-15H;5-6H,1-4H2. The average molecular weight is 372 g/mol. The van der Waals surface area contributed by atoms with Crippen LogP contribution in [0, 0.1) is 11.8 Å². The third-order valence-electron chi connectivity index (χ3n) is 5.00. The van der Waals surface area contributed by atoms with Crippen molar-refractivity contribution in [2.45, 2.75) is 25.7 Å². The SMILES string of the molecule is O=C(C1CC1)C1CC1.c1ccc(P(c2ccccc2)c2ccccc2)cc1. The van der Waals surface area contributed by atoms with Gasteiger partial charge in [-0.3, -0.25) is 4.79 Å². The van der Waals surface area contributed by atoms with Gasteiger partial charge in [-0.05, 0) is 49.5 Å². The van der Waals surface area contributed by atoms with Gasteiger partial charge in [0.15, 0.2) is 0 Å². The van der Waals surface area contributed by atoms with E-state index in [1.807, 2.05) is 0 Å². The number of carbonyl (C=O) groups is 1. The Morgan fingerprint density at radius 1 is 0.556 bits per heavy atom. The lowest BCUT2D eigenvalue weighted by Gasteiger charge is -2.18. The molecular weight excluding hydrogens is 347 g/mol. The van der Waals surface area contributed by atoms with E-state index in [1.165, 1.54) is 41.6 Å². The first-order chi connectivity index (χ1) is 13.3. The molecule has 27 heavy (non-hydrogen) atoms. The summed E-state index contributed by atoms with van der Waals surface area (Å²) in [6.45, 7) is 0. The number of ketones is 1. The number of Topliss-reactive ketones (excluding diaryl/α,β-unsaturated/α-hetero) is 1. The molecule has 0 bridgehead atoms. The fourth-order valence-electron chi connectivity index (χ4n) is 3.25. The van der Waals surface area contributed by atoms with E-state index in [2.05, 4.69) is 91.0 Å². The van der Waals surface area contributed by atoms with Crippen molar-refractivity contribution >= 4 is 29.6 Å². The Morgan fingerprint density at radius 2 is 0.852 bits per heavy atom. The summed E-state index contributed by atoms with van der Waals surface area (Å²) in [4.78, 5) is 11.0. The molecule has 0 spiro atoms. The first-order valence-electron chi connectivity index (χ1n) is 9.82. The van der Waals surface area contributed by atoms with Crippen LogP contribution in [0.4, 0.5) is 0 Å². The van der Waals surface area contributed by atoms with E-state index in [0.717, 1.165) is 0 Å². The van der Waals surface area contributed by atoms with Crippen LogP contribution in [0.25, 0.3) is 0 Å². The Labute approximate surface area is 163 Å². The number of benzene rings is 3. The fourth-order valence-corrected chi connectivity index (χ4v) is 5.55. The summed E-state index contributed by atoms with van der Waals surface area (Å²) in [6.07, 6.45) is 4.76. The van der Waals surface area contributed by atoms with E-state index in [1.54, 1.807) is 0 Å². The van der Waals surface area contributed by atoms with Crippen molar-refractivity contribution in [2.24, 2.45) is 11.8 Å². The van der Waals surface area contributed by atoms with E-state index in [-0.39, 0.29) is 0 Å². The van der Waals surface area contributed by atoms with Gasteiger partial charge < -0.3 is 0 Å². The minimum absolute atomic E-state index is 0.446. The minimum atomic E-state index is -0.446. The molecule has 0 radical (unpaired) electrons. The Morgan fingerprint density at radius 3 is 1.11 bits per heavy atom. The molecule has 3 aromatic carbocycles. The van der Waals surface area contributed by atoms with Crippen LogP contribution in [0.1, 0.15) is 25.7 Å². The number of hydrogen-bond acceptors (Lipinski definition) is 1. The second kappa shape index (κ2) is 8.63. The highest BCUT2D eigenvalue weighted by Crippen LogP contribution is 2.40. The molecule has 0 aliphatic heterocycles. The molecule has 2 heteroatoms. The molecule has 0 heterocycles. The molecule has 3 aromatic rings. The van der Waals surface area contributed by atoms with Crippen molar-refractivity contribution in [3.8, 4) is 0 Å². The molecule has 0 unspecified atom stereocenters. The van der Waals surface area contributed by atoms with Gasteiger partial charge in [-0.1, -0.05) is 91.0 Å². The van der Waals surface area contributed by atoms with Gasteiger partial charge in [-0.15, -0.1) is 0 Å². The predicted molar refractivity (Wildman–Crippen MR) is 116 cm³/mol. The summed E-state index contributed by atoms with van der Waals surface area (Å²) in [5, 5.41) is 4.19. The molecule has 0 N–H and O–H groups in total. The molecule has 0 saturated heterocycles. The first-order valence-corrected chi connectivity index (χ1v) is 11.2. The van der Waals surface area contributed by atoms with Crippen LogP contribution >= 0.6 is 7.92 Å². The smallest absolute Gasteiger partial charge is 0.139 e. The molecule has 0 amide bonds. The van der Waals surface area contributed by atoms with Gasteiger partial charge in [0, 0.05) is 11.8 Å². The maximum atomic E-state index is 11.0. The average Bonchev–Trinajstić information content (AvgIpc) is 3.64. The van der Waals surface area contributed by atoms with Crippen LogP contribution in [0.2, 0.25) is 0 Å². The summed E-state index contributed by atoms with van der Waals surface area (Å²) >= 11 is 0. The van der Waals surface area contributed by atoms with E-state index in [4.69, 9.17) is 0 Å². The zero-order valence-electron chi connectivity index (χ0n) is 15.5. The molecule has 0 aromatic heterocycles. The molecule has 2 aliphatic rings. The van der Waals surface area contributed by atoms with Crippen molar-refractivity contribution in [1.82, 2.24) is 0 Å². The second-order valence-corrected chi connectivity index (χ2v) is 9.51. The quantitative estimate of drug-likeness (QED) is 0.587. The lowest BCUT2D eigenvalue weighted by molar-refractivity contribution is -0.121. The van der Waals surface area contributed by atoms with Crippen molar-refractivity contribution in [3.05, 3.63) is 91.0 Å². The van der Waals surface area contributed by atoms with Crippen LogP contribution in [-0.4, -0.2) is 5.78 Å². The number of hydrogen-bond donors (Lipinski definition) is 0. The van der Waals surface area contributed by atoms with E-state index in [9.17, 15) is 4.79 Å². The lowest BCUT2D eigenvalue weighted by Crippen LogP contribution is -2.20. The Balaban J connectivity index is 0.000000186. The zero-order chi connectivity index (χ0) is 18.5. The normalized spacial score (nSPS) is 15.7. The lowest BCUT2D eigenvalue weighted by atomic mass is 10.2. The molecule has 2 saturated carbocycles. The van der Waals surface area contributed by atoms with Crippen LogP contribution in [0.5, 0.6) is 0 Å². The monoisotopic (exact) mass is 372 g/mol. The largest absolute Gasteiger partial charge is 0.299 e. The molecular formula is C25H25OP. The molecule has 2 fully saturated rings. The highest BCUT2D eigenvalue weighted by molar-refractivity contribution is 7.79. The fraction of sp³-hybridized carbons (Fsp3) is 0.240. The molecule has 136 valence electrons. The Kier molecular flexibility index (Phi) is 5.80. The molecule has 2 aliphatic carbocycles. The van der Waals surface area contributed by atoms with Crippen LogP contribution in [0.15, 0.2) is 91.0 Å². The van der Waals surface area contributed by atoms with Gasteiger partial charge in [0.2, 0.25) is 0 Å². The van der Waals surface area contributed by atoms with Crippen molar-refractivity contribution < 1.29 is 4.79 Å². The van der Waals surface area contributed by atoms with E-state index < -0.39 is 7.92 Å². The van der Waals surface area contributed by atoms with Gasteiger partial charge in [0.1, 0.15) is 5.78 Å². The van der Waals surface area contributed by atoms with Gasteiger partial charge >= 0.3 is 0 Å². The number of carbonyl (C=O) groups excluding carboxylic acids is 1. The summed E-state index contributed by atoms with van der Waals surface area (Å²) in [5.74, 6) is 1.61. The van der Waals surface area contributed by atoms with Gasteiger partial charge in [0.05, 0.1) is 0 Å². The maximum absolute atomic E-state index is 11.0.